The predicted octanol–water partition coefficient (Wildman–Crippen LogP) is 1.88. The second kappa shape index (κ2) is 4.55. The van der Waals surface area contributed by atoms with Crippen LogP contribution in [0.25, 0.3) is 0 Å². The Morgan fingerprint density at radius 3 is 2.44 bits per heavy atom. The van der Waals surface area contributed by atoms with E-state index in [1.807, 2.05) is 19.9 Å². The van der Waals surface area contributed by atoms with Crippen LogP contribution in [0.15, 0.2) is 11.0 Å². The van der Waals surface area contributed by atoms with E-state index in [-0.39, 0.29) is 0 Å². The smallest absolute Gasteiger partial charge is 0.241 e. The van der Waals surface area contributed by atoms with Gasteiger partial charge in [0.2, 0.25) is 10.0 Å². The second-order valence-electron chi connectivity index (χ2n) is 5.17. The average Bonchev–Trinajstić information content (AvgIpc) is 3.07. The summed E-state index contributed by atoms with van der Waals surface area (Å²) in [7, 11) is -3.45. The summed E-state index contributed by atoms with van der Waals surface area (Å²) in [4.78, 5) is 0.339. The molecule has 3 N–H and O–H groups in total. The zero-order valence-corrected chi connectivity index (χ0v) is 11.9. The van der Waals surface area contributed by atoms with Gasteiger partial charge in [0, 0.05) is 12.2 Å². The fourth-order valence-corrected chi connectivity index (χ4v) is 3.81. The molecule has 1 saturated carbocycles. The maximum atomic E-state index is 12.3. The molecule has 0 unspecified atom stereocenters. The first-order valence-electron chi connectivity index (χ1n) is 6.19. The molecule has 1 fully saturated rings. The average molecular weight is 268 g/mol. The van der Waals surface area contributed by atoms with Gasteiger partial charge in [-0.25, -0.2) is 13.1 Å². The van der Waals surface area contributed by atoms with Gasteiger partial charge in [0.05, 0.1) is 4.90 Å². The van der Waals surface area contributed by atoms with Crippen LogP contribution in [0, 0.1) is 26.7 Å². The summed E-state index contributed by atoms with van der Waals surface area (Å²) in [6.45, 7) is 6.00. The second-order valence-corrected chi connectivity index (χ2v) is 6.88. The molecule has 18 heavy (non-hydrogen) atoms. The summed E-state index contributed by atoms with van der Waals surface area (Å²) >= 11 is 0. The molecule has 0 saturated heterocycles. The molecule has 4 nitrogen and oxygen atoms in total. The number of hydrogen-bond acceptors (Lipinski definition) is 3. The van der Waals surface area contributed by atoms with Crippen molar-refractivity contribution < 1.29 is 8.42 Å². The number of aryl methyl sites for hydroxylation is 2. The molecule has 2 rings (SSSR count). The number of anilines is 1. The molecule has 0 aliphatic heterocycles. The van der Waals surface area contributed by atoms with Gasteiger partial charge in [-0.2, -0.15) is 0 Å². The van der Waals surface area contributed by atoms with Crippen molar-refractivity contribution in [1.29, 1.82) is 0 Å². The standard InChI is InChI=1S/C13H20N2O2S/c1-8-6-9(2)13(10(3)12(8)14)18(16,17)15-7-11-4-5-11/h6,11,15H,4-5,7,14H2,1-3H3. The molecule has 0 atom stereocenters. The van der Waals surface area contributed by atoms with Crippen LogP contribution in [-0.4, -0.2) is 15.0 Å². The molecule has 0 bridgehead atoms. The number of nitrogen functional groups attached to an aromatic ring is 1. The largest absolute Gasteiger partial charge is 0.398 e. The van der Waals surface area contributed by atoms with Gasteiger partial charge < -0.3 is 5.73 Å². The summed E-state index contributed by atoms with van der Waals surface area (Å²) in [5.74, 6) is 0.517. The molecule has 1 aromatic rings. The van der Waals surface area contributed by atoms with Crippen molar-refractivity contribution in [2.75, 3.05) is 12.3 Å². The molecule has 5 heteroatoms. The van der Waals surface area contributed by atoms with Gasteiger partial charge in [0.1, 0.15) is 0 Å². The molecule has 0 heterocycles. The minimum Gasteiger partial charge on any atom is -0.398 e. The van der Waals surface area contributed by atoms with Gasteiger partial charge in [-0.15, -0.1) is 0 Å². The van der Waals surface area contributed by atoms with Gasteiger partial charge >= 0.3 is 0 Å². The van der Waals surface area contributed by atoms with E-state index in [9.17, 15) is 8.42 Å². The van der Waals surface area contributed by atoms with Crippen molar-refractivity contribution in [2.45, 2.75) is 38.5 Å². The highest BCUT2D eigenvalue weighted by atomic mass is 32.2. The highest BCUT2D eigenvalue weighted by Crippen LogP contribution is 2.30. The Morgan fingerprint density at radius 1 is 1.28 bits per heavy atom. The Morgan fingerprint density at radius 2 is 1.89 bits per heavy atom. The Balaban J connectivity index is 2.39. The van der Waals surface area contributed by atoms with E-state index in [1.165, 1.54) is 0 Å². The van der Waals surface area contributed by atoms with Gasteiger partial charge in [-0.1, -0.05) is 6.07 Å². The number of rotatable bonds is 4. The van der Waals surface area contributed by atoms with Crippen LogP contribution in [-0.2, 0) is 10.0 Å². The third-order valence-electron chi connectivity index (χ3n) is 3.49. The lowest BCUT2D eigenvalue weighted by Gasteiger charge is -2.15. The molecule has 0 aromatic heterocycles. The summed E-state index contributed by atoms with van der Waals surface area (Å²) in [5, 5.41) is 0. The monoisotopic (exact) mass is 268 g/mol. The van der Waals surface area contributed by atoms with Crippen LogP contribution >= 0.6 is 0 Å². The summed E-state index contributed by atoms with van der Waals surface area (Å²) in [5.41, 5.74) is 8.81. The third-order valence-corrected chi connectivity index (χ3v) is 5.20. The first-order valence-corrected chi connectivity index (χ1v) is 7.67. The molecule has 1 aliphatic rings. The van der Waals surface area contributed by atoms with Crippen molar-refractivity contribution >= 4 is 15.7 Å². The van der Waals surface area contributed by atoms with E-state index in [0.717, 1.165) is 24.0 Å². The first kappa shape index (κ1) is 13.4. The SMILES string of the molecule is Cc1cc(C)c(S(=O)(=O)NCC2CC2)c(C)c1N. The quantitative estimate of drug-likeness (QED) is 0.819. The zero-order chi connectivity index (χ0) is 13.5. The fourth-order valence-electron chi connectivity index (χ4n) is 2.22. The van der Waals surface area contributed by atoms with E-state index < -0.39 is 10.0 Å². The molecule has 1 aromatic carbocycles. The summed E-state index contributed by atoms with van der Waals surface area (Å²) in [6.07, 6.45) is 2.24. The van der Waals surface area contributed by atoms with Crippen molar-refractivity contribution in [3.63, 3.8) is 0 Å². The molecule has 0 spiro atoms. The van der Waals surface area contributed by atoms with Crippen molar-refractivity contribution in [3.8, 4) is 0 Å². The van der Waals surface area contributed by atoms with E-state index in [1.54, 1.807) is 6.92 Å². The lowest BCUT2D eigenvalue weighted by molar-refractivity contribution is 0.576. The van der Waals surface area contributed by atoms with Crippen LogP contribution < -0.4 is 10.5 Å². The number of hydrogen-bond donors (Lipinski definition) is 2. The lowest BCUT2D eigenvalue weighted by Crippen LogP contribution is -2.27. The highest BCUT2D eigenvalue weighted by molar-refractivity contribution is 7.89. The van der Waals surface area contributed by atoms with Crippen LogP contribution in [0.4, 0.5) is 5.69 Å². The van der Waals surface area contributed by atoms with Crippen LogP contribution in [0.1, 0.15) is 29.5 Å². The number of nitrogens with one attached hydrogen (secondary N) is 1. The van der Waals surface area contributed by atoms with Gasteiger partial charge in [-0.05, 0) is 56.2 Å². The molecule has 0 radical (unpaired) electrons. The van der Waals surface area contributed by atoms with Crippen molar-refractivity contribution in [1.82, 2.24) is 4.72 Å². The minimum atomic E-state index is -3.45. The molecule has 100 valence electrons. The van der Waals surface area contributed by atoms with Crippen LogP contribution in [0.2, 0.25) is 0 Å². The van der Waals surface area contributed by atoms with Gasteiger partial charge in [0.25, 0.3) is 0 Å². The fraction of sp³-hybridized carbons (Fsp3) is 0.538. The number of benzene rings is 1. The predicted molar refractivity (Wildman–Crippen MR) is 73.0 cm³/mol. The van der Waals surface area contributed by atoms with Crippen molar-refractivity contribution in [3.05, 3.63) is 22.8 Å². The third kappa shape index (κ3) is 2.52. The first-order chi connectivity index (χ1) is 8.33. The van der Waals surface area contributed by atoms with Gasteiger partial charge in [0.15, 0.2) is 0 Å². The van der Waals surface area contributed by atoms with E-state index >= 15 is 0 Å². The molecular formula is C13H20N2O2S. The highest BCUT2D eigenvalue weighted by Gasteiger charge is 2.26. The topological polar surface area (TPSA) is 72.2 Å². The molecule has 0 amide bonds. The van der Waals surface area contributed by atoms with Gasteiger partial charge in [-0.3, -0.25) is 0 Å². The molecular weight excluding hydrogens is 248 g/mol. The number of nitrogens with two attached hydrogens (primary N) is 1. The summed E-state index contributed by atoms with van der Waals surface area (Å²) < 4.78 is 27.3. The lowest BCUT2D eigenvalue weighted by atomic mass is 10.1. The minimum absolute atomic E-state index is 0.339. The van der Waals surface area contributed by atoms with E-state index in [0.29, 0.717) is 28.6 Å². The Kier molecular flexibility index (Phi) is 3.38. The van der Waals surface area contributed by atoms with E-state index in [2.05, 4.69) is 4.72 Å². The van der Waals surface area contributed by atoms with Crippen LogP contribution in [0.3, 0.4) is 0 Å². The van der Waals surface area contributed by atoms with Crippen molar-refractivity contribution in [2.24, 2.45) is 5.92 Å². The molecule has 1 aliphatic carbocycles. The summed E-state index contributed by atoms with van der Waals surface area (Å²) in [6, 6.07) is 1.83. The van der Waals surface area contributed by atoms with E-state index in [4.69, 9.17) is 5.73 Å². The number of sulfonamides is 1. The maximum absolute atomic E-state index is 12.3. The Labute approximate surface area is 109 Å². The normalized spacial score (nSPS) is 15.9. The Bertz CT molecular complexity index is 575. The maximum Gasteiger partial charge on any atom is 0.241 e. The van der Waals surface area contributed by atoms with Crippen LogP contribution in [0.5, 0.6) is 0 Å². The zero-order valence-electron chi connectivity index (χ0n) is 11.1. The Hall–Kier alpha value is -1.07.